The lowest BCUT2D eigenvalue weighted by molar-refractivity contribution is -0.385. The summed E-state index contributed by atoms with van der Waals surface area (Å²) >= 11 is 0. The summed E-state index contributed by atoms with van der Waals surface area (Å²) in [7, 11) is 0. The minimum atomic E-state index is -1.15. The second-order valence-corrected chi connectivity index (χ2v) is 6.47. The summed E-state index contributed by atoms with van der Waals surface area (Å²) in [5.41, 5.74) is 3.36. The minimum absolute atomic E-state index is 0.00832. The number of aromatic hydroxyl groups is 1. The van der Waals surface area contributed by atoms with Crippen LogP contribution in [0.1, 0.15) is 34.1 Å². The van der Waals surface area contributed by atoms with E-state index in [1.165, 1.54) is 6.07 Å². The van der Waals surface area contributed by atoms with Crippen molar-refractivity contribution in [3.8, 4) is 22.7 Å². The number of nitro groups is 1. The van der Waals surface area contributed by atoms with Crippen LogP contribution in [-0.4, -0.2) is 30.9 Å². The Hall–Kier alpha value is -3.68. The number of nitrogens with zero attached hydrogens (tertiary/aromatic N) is 3. The topological polar surface area (TPSA) is 118 Å². The van der Waals surface area contributed by atoms with Gasteiger partial charge in [0, 0.05) is 11.6 Å². The van der Waals surface area contributed by atoms with Crippen molar-refractivity contribution in [3.05, 3.63) is 68.9 Å². The average molecular weight is 381 g/mol. The fourth-order valence-electron chi connectivity index (χ4n) is 3.10. The van der Waals surface area contributed by atoms with Crippen molar-refractivity contribution in [2.75, 3.05) is 0 Å². The maximum absolute atomic E-state index is 12.0. The number of phenolic OH excluding ortho intramolecular Hbond substituents is 1. The van der Waals surface area contributed by atoms with Gasteiger partial charge < -0.3 is 10.2 Å². The SMILES string of the molecule is CCc1c(C(=O)O)c(-c2ccc([N+](=O)[O-])c(O)c2)nn1-c1ccc(C)c(C)c1. The average Bonchev–Trinajstić information content (AvgIpc) is 3.03. The third-order valence-electron chi connectivity index (χ3n) is 4.71. The highest BCUT2D eigenvalue weighted by Gasteiger charge is 2.25. The molecule has 8 nitrogen and oxygen atoms in total. The summed E-state index contributed by atoms with van der Waals surface area (Å²) in [6.45, 7) is 5.77. The molecule has 0 aliphatic rings. The molecule has 28 heavy (non-hydrogen) atoms. The molecule has 2 N–H and O–H groups in total. The van der Waals surface area contributed by atoms with Crippen LogP contribution < -0.4 is 0 Å². The summed E-state index contributed by atoms with van der Waals surface area (Å²) in [6.07, 6.45) is 0.417. The molecule has 0 saturated carbocycles. The van der Waals surface area contributed by atoms with E-state index in [-0.39, 0.29) is 16.8 Å². The number of aryl methyl sites for hydroxylation is 2. The molecule has 0 aliphatic carbocycles. The van der Waals surface area contributed by atoms with Crippen molar-refractivity contribution >= 4 is 11.7 Å². The molecule has 0 radical (unpaired) electrons. The third-order valence-corrected chi connectivity index (χ3v) is 4.71. The molecule has 0 fully saturated rings. The summed E-state index contributed by atoms with van der Waals surface area (Å²) in [5, 5.41) is 35.1. The number of aromatic carboxylic acids is 1. The van der Waals surface area contributed by atoms with E-state index in [1.54, 1.807) is 4.68 Å². The number of hydrogen-bond acceptors (Lipinski definition) is 5. The first-order valence-corrected chi connectivity index (χ1v) is 8.65. The Morgan fingerprint density at radius 3 is 2.43 bits per heavy atom. The second-order valence-electron chi connectivity index (χ2n) is 6.47. The Morgan fingerprint density at radius 1 is 1.18 bits per heavy atom. The van der Waals surface area contributed by atoms with Crippen molar-refractivity contribution in [1.82, 2.24) is 9.78 Å². The van der Waals surface area contributed by atoms with Crippen LogP contribution in [0.25, 0.3) is 16.9 Å². The molecular weight excluding hydrogens is 362 g/mol. The Balaban J connectivity index is 2.26. The van der Waals surface area contributed by atoms with Crippen LogP contribution in [0.5, 0.6) is 5.75 Å². The number of carboxylic acid groups (broad SMARTS) is 1. The van der Waals surface area contributed by atoms with Gasteiger partial charge in [-0.2, -0.15) is 5.10 Å². The Labute approximate surface area is 160 Å². The van der Waals surface area contributed by atoms with Gasteiger partial charge in [-0.1, -0.05) is 13.0 Å². The highest BCUT2D eigenvalue weighted by Crippen LogP contribution is 2.34. The lowest BCUT2D eigenvalue weighted by Gasteiger charge is -2.09. The van der Waals surface area contributed by atoms with Gasteiger partial charge in [-0.05, 0) is 55.7 Å². The van der Waals surface area contributed by atoms with Gasteiger partial charge in [-0.3, -0.25) is 10.1 Å². The monoisotopic (exact) mass is 381 g/mol. The molecule has 0 unspecified atom stereocenters. The van der Waals surface area contributed by atoms with Crippen molar-refractivity contribution in [3.63, 3.8) is 0 Å². The second kappa shape index (κ2) is 7.15. The number of carbonyl (C=O) groups is 1. The first kappa shape index (κ1) is 19.1. The first-order valence-electron chi connectivity index (χ1n) is 8.65. The molecule has 0 aliphatic heterocycles. The van der Waals surface area contributed by atoms with E-state index in [2.05, 4.69) is 5.10 Å². The largest absolute Gasteiger partial charge is 0.502 e. The van der Waals surface area contributed by atoms with E-state index in [1.807, 2.05) is 39.0 Å². The number of nitro benzene ring substituents is 1. The predicted octanol–water partition coefficient (Wildman–Crippen LogP) is 4.03. The zero-order valence-electron chi connectivity index (χ0n) is 15.6. The normalized spacial score (nSPS) is 10.8. The Morgan fingerprint density at radius 2 is 1.89 bits per heavy atom. The molecule has 2 aromatic carbocycles. The minimum Gasteiger partial charge on any atom is -0.502 e. The zero-order chi connectivity index (χ0) is 20.6. The van der Waals surface area contributed by atoms with E-state index in [0.29, 0.717) is 12.1 Å². The maximum atomic E-state index is 12.0. The molecule has 0 saturated heterocycles. The highest BCUT2D eigenvalue weighted by molar-refractivity contribution is 5.96. The smallest absolute Gasteiger partial charge is 0.339 e. The van der Waals surface area contributed by atoms with Crippen molar-refractivity contribution < 1.29 is 19.9 Å². The standard InChI is InChI=1S/C20H19N3O5/c1-4-15-18(20(25)26)19(13-6-8-16(23(27)28)17(24)10-13)21-22(15)14-7-5-11(2)12(3)9-14/h5-10,24H,4H2,1-3H3,(H,25,26). The van der Waals surface area contributed by atoms with Crippen LogP contribution in [-0.2, 0) is 6.42 Å². The van der Waals surface area contributed by atoms with Crippen LogP contribution in [0.15, 0.2) is 36.4 Å². The molecular formula is C20H19N3O5. The van der Waals surface area contributed by atoms with Gasteiger partial charge in [-0.15, -0.1) is 0 Å². The maximum Gasteiger partial charge on any atom is 0.339 e. The Kier molecular flexibility index (Phi) is 4.87. The van der Waals surface area contributed by atoms with Crippen LogP contribution in [0.3, 0.4) is 0 Å². The molecule has 1 heterocycles. The predicted molar refractivity (Wildman–Crippen MR) is 103 cm³/mol. The van der Waals surface area contributed by atoms with Gasteiger partial charge in [-0.25, -0.2) is 9.48 Å². The van der Waals surface area contributed by atoms with E-state index in [9.17, 15) is 25.1 Å². The summed E-state index contributed by atoms with van der Waals surface area (Å²) < 4.78 is 1.57. The van der Waals surface area contributed by atoms with Gasteiger partial charge in [0.2, 0.25) is 0 Å². The summed E-state index contributed by atoms with van der Waals surface area (Å²) in [5.74, 6) is -1.70. The first-order chi connectivity index (χ1) is 13.2. The lowest BCUT2D eigenvalue weighted by Crippen LogP contribution is -2.06. The van der Waals surface area contributed by atoms with E-state index < -0.39 is 22.3 Å². The van der Waals surface area contributed by atoms with Crippen LogP contribution >= 0.6 is 0 Å². The quantitative estimate of drug-likeness (QED) is 0.509. The molecule has 0 bridgehead atoms. The third kappa shape index (κ3) is 3.20. The van der Waals surface area contributed by atoms with E-state index in [0.717, 1.165) is 28.9 Å². The summed E-state index contributed by atoms with van der Waals surface area (Å²) in [6, 6.07) is 9.40. The molecule has 144 valence electrons. The number of phenols is 1. The fourth-order valence-corrected chi connectivity index (χ4v) is 3.10. The molecule has 3 aromatic rings. The van der Waals surface area contributed by atoms with Crippen LogP contribution in [0.2, 0.25) is 0 Å². The molecule has 1 aromatic heterocycles. The van der Waals surface area contributed by atoms with Gasteiger partial charge >= 0.3 is 11.7 Å². The van der Waals surface area contributed by atoms with Crippen molar-refractivity contribution in [1.29, 1.82) is 0 Å². The van der Waals surface area contributed by atoms with Crippen molar-refractivity contribution in [2.24, 2.45) is 0 Å². The lowest BCUT2D eigenvalue weighted by atomic mass is 10.0. The molecule has 0 atom stereocenters. The number of carboxylic acids is 1. The van der Waals surface area contributed by atoms with Crippen LogP contribution in [0.4, 0.5) is 5.69 Å². The van der Waals surface area contributed by atoms with Gasteiger partial charge in [0.05, 0.1) is 16.3 Å². The molecule has 8 heteroatoms. The number of rotatable bonds is 5. The Bertz CT molecular complexity index is 1100. The van der Waals surface area contributed by atoms with Crippen LogP contribution in [0, 0.1) is 24.0 Å². The number of aromatic nitrogens is 2. The fraction of sp³-hybridized carbons (Fsp3) is 0.200. The van der Waals surface area contributed by atoms with E-state index >= 15 is 0 Å². The molecule has 0 spiro atoms. The summed E-state index contributed by atoms with van der Waals surface area (Å²) in [4.78, 5) is 22.2. The van der Waals surface area contributed by atoms with Gasteiger partial charge in [0.25, 0.3) is 0 Å². The van der Waals surface area contributed by atoms with Crippen molar-refractivity contribution in [2.45, 2.75) is 27.2 Å². The van der Waals surface area contributed by atoms with Gasteiger partial charge in [0.1, 0.15) is 11.3 Å². The highest BCUT2D eigenvalue weighted by atomic mass is 16.6. The number of benzene rings is 2. The molecule has 0 amide bonds. The molecule has 3 rings (SSSR count). The van der Waals surface area contributed by atoms with Gasteiger partial charge in [0.15, 0.2) is 5.75 Å². The zero-order valence-corrected chi connectivity index (χ0v) is 15.6. The number of hydrogen-bond donors (Lipinski definition) is 2. The van der Waals surface area contributed by atoms with E-state index in [4.69, 9.17) is 0 Å².